The molecule has 0 saturated heterocycles. The first-order valence-corrected chi connectivity index (χ1v) is 10.7. The lowest BCUT2D eigenvalue weighted by Gasteiger charge is -2.32. The number of amides is 2. The Kier molecular flexibility index (Phi) is 12.6. The SMILES string of the molecule is CNC(=O)COc1ccccc1OCC(O)C[N+](C)(C)CCNC(=O)CCCCO[N+](=O)[O-]. The van der Waals surface area contributed by atoms with Crippen molar-refractivity contribution in [2.24, 2.45) is 0 Å². The molecule has 1 aromatic rings. The van der Waals surface area contributed by atoms with Gasteiger partial charge in [0.15, 0.2) is 18.1 Å². The van der Waals surface area contributed by atoms with Gasteiger partial charge in [-0.15, -0.1) is 10.1 Å². The van der Waals surface area contributed by atoms with Crippen LogP contribution in [0, 0.1) is 10.1 Å². The molecule has 1 unspecified atom stereocenters. The van der Waals surface area contributed by atoms with E-state index in [2.05, 4.69) is 15.5 Å². The Morgan fingerprint density at radius 3 is 2.45 bits per heavy atom. The second-order valence-electron chi connectivity index (χ2n) is 8.08. The average molecular weight is 472 g/mol. The van der Waals surface area contributed by atoms with Gasteiger partial charge in [-0.05, 0) is 25.0 Å². The molecular weight excluding hydrogens is 436 g/mol. The summed E-state index contributed by atoms with van der Waals surface area (Å²) in [7, 11) is 5.39. The van der Waals surface area contributed by atoms with Crippen LogP contribution in [0.15, 0.2) is 24.3 Å². The number of carbonyl (C=O) groups excluding carboxylic acids is 2. The van der Waals surface area contributed by atoms with Gasteiger partial charge in [0.25, 0.3) is 11.0 Å². The third kappa shape index (κ3) is 13.1. The van der Waals surface area contributed by atoms with E-state index in [0.29, 0.717) is 48.5 Å². The fraction of sp³-hybridized carbons (Fsp3) is 0.619. The zero-order valence-corrected chi connectivity index (χ0v) is 19.5. The van der Waals surface area contributed by atoms with Crippen LogP contribution < -0.4 is 20.1 Å². The van der Waals surface area contributed by atoms with E-state index in [1.807, 2.05) is 14.1 Å². The van der Waals surface area contributed by atoms with E-state index >= 15 is 0 Å². The zero-order chi connectivity index (χ0) is 24.7. The van der Waals surface area contributed by atoms with Gasteiger partial charge < -0.3 is 34.5 Å². The summed E-state index contributed by atoms with van der Waals surface area (Å²) >= 11 is 0. The van der Waals surface area contributed by atoms with Gasteiger partial charge in [0.05, 0.1) is 33.8 Å². The number of benzene rings is 1. The minimum Gasteiger partial charge on any atom is -0.487 e. The largest absolute Gasteiger partial charge is 0.487 e. The van der Waals surface area contributed by atoms with Crippen molar-refractivity contribution in [3.8, 4) is 11.5 Å². The molecule has 3 N–H and O–H groups in total. The van der Waals surface area contributed by atoms with Crippen LogP contribution in [-0.4, -0.2) is 93.2 Å². The summed E-state index contributed by atoms with van der Waals surface area (Å²) in [6, 6.07) is 6.91. The van der Waals surface area contributed by atoms with Gasteiger partial charge in [0, 0.05) is 13.5 Å². The second-order valence-corrected chi connectivity index (χ2v) is 8.08. The lowest BCUT2D eigenvalue weighted by molar-refractivity contribution is -0.892. The molecule has 0 saturated carbocycles. The molecule has 0 aliphatic heterocycles. The molecule has 0 spiro atoms. The number of para-hydroxylation sites is 2. The van der Waals surface area contributed by atoms with Crippen LogP contribution in [0.3, 0.4) is 0 Å². The van der Waals surface area contributed by atoms with Gasteiger partial charge >= 0.3 is 0 Å². The van der Waals surface area contributed by atoms with E-state index in [-0.39, 0.29) is 38.1 Å². The summed E-state index contributed by atoms with van der Waals surface area (Å²) in [6.45, 7) is 1.31. The molecule has 12 nitrogen and oxygen atoms in total. The first-order valence-electron chi connectivity index (χ1n) is 10.7. The van der Waals surface area contributed by atoms with E-state index in [1.165, 1.54) is 7.05 Å². The number of aliphatic hydroxyl groups is 1. The van der Waals surface area contributed by atoms with Gasteiger partial charge in [-0.2, -0.15) is 0 Å². The van der Waals surface area contributed by atoms with Crippen molar-refractivity contribution in [1.29, 1.82) is 0 Å². The van der Waals surface area contributed by atoms with Crippen molar-refractivity contribution >= 4 is 11.8 Å². The van der Waals surface area contributed by atoms with E-state index in [9.17, 15) is 24.8 Å². The van der Waals surface area contributed by atoms with Crippen molar-refractivity contribution in [1.82, 2.24) is 10.6 Å². The van der Waals surface area contributed by atoms with Crippen LogP contribution in [0.5, 0.6) is 11.5 Å². The predicted molar refractivity (Wildman–Crippen MR) is 119 cm³/mol. The third-order valence-electron chi connectivity index (χ3n) is 4.66. The van der Waals surface area contributed by atoms with Gasteiger partial charge in [-0.25, -0.2) is 0 Å². The average Bonchev–Trinajstić information content (AvgIpc) is 2.75. The summed E-state index contributed by atoms with van der Waals surface area (Å²) in [5.41, 5.74) is 0. The molecule has 0 heterocycles. The van der Waals surface area contributed by atoms with Crippen LogP contribution in [-0.2, 0) is 14.4 Å². The molecule has 0 bridgehead atoms. The lowest BCUT2D eigenvalue weighted by atomic mass is 10.2. The van der Waals surface area contributed by atoms with Crippen molar-refractivity contribution in [3.63, 3.8) is 0 Å². The molecule has 186 valence electrons. The number of carbonyl (C=O) groups is 2. The highest BCUT2D eigenvalue weighted by molar-refractivity contribution is 5.77. The maximum Gasteiger partial charge on any atom is 0.294 e. The Bertz CT molecular complexity index is 760. The Morgan fingerprint density at radius 2 is 1.82 bits per heavy atom. The topological polar surface area (TPSA) is 149 Å². The highest BCUT2D eigenvalue weighted by atomic mass is 16.9. The molecule has 0 aliphatic carbocycles. The van der Waals surface area contributed by atoms with E-state index < -0.39 is 11.2 Å². The monoisotopic (exact) mass is 471 g/mol. The lowest BCUT2D eigenvalue weighted by Crippen LogP contribution is -2.50. The number of ether oxygens (including phenoxy) is 2. The van der Waals surface area contributed by atoms with E-state index in [0.717, 1.165) is 0 Å². The van der Waals surface area contributed by atoms with Gasteiger partial charge in [-0.1, -0.05) is 12.1 Å². The Morgan fingerprint density at radius 1 is 1.15 bits per heavy atom. The van der Waals surface area contributed by atoms with Crippen LogP contribution in [0.2, 0.25) is 0 Å². The smallest absolute Gasteiger partial charge is 0.294 e. The molecule has 0 radical (unpaired) electrons. The Balaban J connectivity index is 2.32. The van der Waals surface area contributed by atoms with Gasteiger partial charge in [0.2, 0.25) is 5.91 Å². The molecule has 0 aliphatic rings. The quantitative estimate of drug-likeness (QED) is 0.126. The normalized spacial score (nSPS) is 11.9. The molecule has 33 heavy (non-hydrogen) atoms. The van der Waals surface area contributed by atoms with Crippen molar-refractivity contribution in [3.05, 3.63) is 34.4 Å². The molecule has 1 atom stereocenters. The summed E-state index contributed by atoms with van der Waals surface area (Å²) in [5, 5.41) is 24.9. The molecule has 12 heteroatoms. The molecule has 0 aromatic heterocycles. The van der Waals surface area contributed by atoms with Gasteiger partial charge in [-0.3, -0.25) is 9.59 Å². The highest BCUT2D eigenvalue weighted by Gasteiger charge is 2.21. The molecule has 1 aromatic carbocycles. The second kappa shape index (κ2) is 14.9. The summed E-state index contributed by atoms with van der Waals surface area (Å²) < 4.78 is 11.6. The minimum atomic E-state index is -0.848. The first-order chi connectivity index (χ1) is 15.6. The highest BCUT2D eigenvalue weighted by Crippen LogP contribution is 2.26. The molecule has 2 amide bonds. The number of likely N-dealkylation sites (N-methyl/N-ethyl adjacent to an activating group) is 2. The van der Waals surface area contributed by atoms with Crippen LogP contribution in [0.1, 0.15) is 19.3 Å². The summed E-state index contributed by atoms with van der Waals surface area (Å²) in [4.78, 5) is 37.5. The molecule has 1 rings (SSSR count). The number of rotatable bonds is 17. The van der Waals surface area contributed by atoms with Crippen molar-refractivity contribution < 1.29 is 38.6 Å². The number of hydrogen-bond donors (Lipinski definition) is 3. The maximum absolute atomic E-state index is 11.9. The van der Waals surface area contributed by atoms with Crippen LogP contribution in [0.25, 0.3) is 0 Å². The molecular formula is C21H35N4O8+. The van der Waals surface area contributed by atoms with E-state index in [1.54, 1.807) is 24.3 Å². The minimum absolute atomic E-state index is 0.0190. The number of nitrogens with one attached hydrogen (secondary N) is 2. The summed E-state index contributed by atoms with van der Waals surface area (Å²) in [6.07, 6.45) is 0.445. The third-order valence-corrected chi connectivity index (χ3v) is 4.66. The zero-order valence-electron chi connectivity index (χ0n) is 19.5. The van der Waals surface area contributed by atoms with Crippen molar-refractivity contribution in [2.75, 3.05) is 60.6 Å². The summed E-state index contributed by atoms with van der Waals surface area (Å²) in [5.74, 6) is 0.449. The fourth-order valence-corrected chi connectivity index (χ4v) is 2.92. The fourth-order valence-electron chi connectivity index (χ4n) is 2.92. The molecule has 0 fully saturated rings. The van der Waals surface area contributed by atoms with E-state index in [4.69, 9.17) is 9.47 Å². The van der Waals surface area contributed by atoms with Crippen LogP contribution >= 0.6 is 0 Å². The number of aliphatic hydroxyl groups excluding tert-OH is 1. The Labute approximate surface area is 193 Å². The number of quaternary nitrogens is 1. The standard InChI is InChI=1S/C21H34N4O8/c1-22-21(28)16-32-19-9-5-4-8-18(19)31-15-17(26)14-25(2,3)12-11-23-20(27)10-6-7-13-33-24(29)30/h4-5,8-9,17,26H,6-7,10-16H2,1-3H3,(H-,22,23,27,28)/p+1. The first kappa shape index (κ1) is 27.9. The van der Waals surface area contributed by atoms with Crippen molar-refractivity contribution in [2.45, 2.75) is 25.4 Å². The maximum atomic E-state index is 11.9. The predicted octanol–water partition coefficient (Wildman–Crippen LogP) is 0.122. The van der Waals surface area contributed by atoms with Crippen LogP contribution in [0.4, 0.5) is 0 Å². The Hall–Kier alpha value is -3.12. The number of unbranched alkanes of at least 4 members (excludes halogenated alkanes) is 1. The number of hydrogen-bond acceptors (Lipinski definition) is 8. The number of nitrogens with zero attached hydrogens (tertiary/aromatic N) is 2. The van der Waals surface area contributed by atoms with Gasteiger partial charge in [0.1, 0.15) is 19.3 Å².